The standard InChI is InChI=1S/C12H17N3O/c13-8-4-9-15-12(16)7-10-14(15)11-5-2-1-3-6-11/h1-3,5-6H,4,7-10,13H2. The SMILES string of the molecule is NCCCN1C(=O)CCN1c1ccccc1. The second-order valence-corrected chi connectivity index (χ2v) is 3.87. The molecule has 0 bridgehead atoms. The van der Waals surface area contributed by atoms with Crippen LogP contribution in [0.2, 0.25) is 0 Å². The summed E-state index contributed by atoms with van der Waals surface area (Å²) in [6.07, 6.45) is 1.44. The average Bonchev–Trinajstić information content (AvgIpc) is 2.69. The number of carbonyl (C=O) groups excluding carboxylic acids is 1. The Morgan fingerprint density at radius 1 is 1.25 bits per heavy atom. The minimum Gasteiger partial charge on any atom is -0.330 e. The molecule has 2 N–H and O–H groups in total. The molecule has 4 heteroatoms. The Bertz CT molecular complexity index is 353. The summed E-state index contributed by atoms with van der Waals surface area (Å²) in [6, 6.07) is 9.99. The molecular weight excluding hydrogens is 202 g/mol. The summed E-state index contributed by atoms with van der Waals surface area (Å²) in [5.41, 5.74) is 6.55. The maximum absolute atomic E-state index is 11.7. The lowest BCUT2D eigenvalue weighted by Gasteiger charge is -2.29. The largest absolute Gasteiger partial charge is 0.330 e. The van der Waals surface area contributed by atoms with Crippen LogP contribution < -0.4 is 10.7 Å². The Hall–Kier alpha value is -1.55. The summed E-state index contributed by atoms with van der Waals surface area (Å²) in [5, 5.41) is 3.85. The summed E-state index contributed by atoms with van der Waals surface area (Å²) >= 11 is 0. The minimum atomic E-state index is 0.192. The fraction of sp³-hybridized carbons (Fsp3) is 0.417. The van der Waals surface area contributed by atoms with E-state index in [2.05, 4.69) is 0 Å². The van der Waals surface area contributed by atoms with Gasteiger partial charge >= 0.3 is 0 Å². The fourth-order valence-corrected chi connectivity index (χ4v) is 1.94. The van der Waals surface area contributed by atoms with Gasteiger partial charge in [-0.1, -0.05) is 18.2 Å². The van der Waals surface area contributed by atoms with Crippen molar-refractivity contribution in [2.24, 2.45) is 5.73 Å². The van der Waals surface area contributed by atoms with E-state index >= 15 is 0 Å². The average molecular weight is 219 g/mol. The number of para-hydroxylation sites is 1. The fourth-order valence-electron chi connectivity index (χ4n) is 1.94. The highest BCUT2D eigenvalue weighted by molar-refractivity contribution is 5.81. The van der Waals surface area contributed by atoms with Crippen molar-refractivity contribution in [1.29, 1.82) is 0 Å². The molecule has 0 aliphatic carbocycles. The van der Waals surface area contributed by atoms with Crippen LogP contribution in [0.25, 0.3) is 0 Å². The molecule has 0 spiro atoms. The second kappa shape index (κ2) is 4.99. The Morgan fingerprint density at radius 2 is 2.00 bits per heavy atom. The number of rotatable bonds is 4. The zero-order chi connectivity index (χ0) is 11.4. The molecule has 1 aliphatic heterocycles. The number of hydrogen-bond acceptors (Lipinski definition) is 3. The zero-order valence-corrected chi connectivity index (χ0v) is 9.30. The van der Waals surface area contributed by atoms with Crippen LogP contribution in [0.4, 0.5) is 5.69 Å². The van der Waals surface area contributed by atoms with E-state index < -0.39 is 0 Å². The molecule has 2 rings (SSSR count). The molecule has 1 amide bonds. The molecule has 0 aromatic heterocycles. The van der Waals surface area contributed by atoms with Gasteiger partial charge in [-0.15, -0.1) is 0 Å². The molecule has 1 aromatic carbocycles. The van der Waals surface area contributed by atoms with Crippen molar-refractivity contribution in [2.75, 3.05) is 24.6 Å². The summed E-state index contributed by atoms with van der Waals surface area (Å²) in [6.45, 7) is 2.10. The van der Waals surface area contributed by atoms with Crippen molar-refractivity contribution >= 4 is 11.6 Å². The molecule has 4 nitrogen and oxygen atoms in total. The van der Waals surface area contributed by atoms with Gasteiger partial charge in [-0.2, -0.15) is 0 Å². The first kappa shape index (κ1) is 11.0. The topological polar surface area (TPSA) is 49.6 Å². The highest BCUT2D eigenvalue weighted by Crippen LogP contribution is 2.21. The van der Waals surface area contributed by atoms with Crippen molar-refractivity contribution in [3.8, 4) is 0 Å². The zero-order valence-electron chi connectivity index (χ0n) is 9.30. The molecule has 1 aromatic rings. The number of hydrazine groups is 1. The molecule has 0 atom stereocenters. The van der Waals surface area contributed by atoms with Crippen LogP contribution in [-0.4, -0.2) is 30.6 Å². The van der Waals surface area contributed by atoms with Gasteiger partial charge in [-0.3, -0.25) is 14.8 Å². The Kier molecular flexibility index (Phi) is 3.41. The van der Waals surface area contributed by atoms with Crippen molar-refractivity contribution in [3.05, 3.63) is 30.3 Å². The summed E-state index contributed by atoms with van der Waals surface area (Å²) in [5.74, 6) is 0.192. The van der Waals surface area contributed by atoms with Gasteiger partial charge in [-0.25, -0.2) is 0 Å². The van der Waals surface area contributed by atoms with E-state index in [1.54, 1.807) is 0 Å². The lowest BCUT2D eigenvalue weighted by atomic mass is 10.3. The maximum atomic E-state index is 11.7. The number of benzene rings is 1. The lowest BCUT2D eigenvalue weighted by Crippen LogP contribution is -2.40. The molecule has 86 valence electrons. The monoisotopic (exact) mass is 219 g/mol. The predicted octanol–water partition coefficient (Wildman–Crippen LogP) is 0.989. The van der Waals surface area contributed by atoms with E-state index in [0.717, 1.165) is 18.7 Å². The van der Waals surface area contributed by atoms with Crippen LogP contribution in [0.15, 0.2) is 30.3 Å². The number of anilines is 1. The van der Waals surface area contributed by atoms with Gasteiger partial charge in [0.1, 0.15) is 0 Å². The van der Waals surface area contributed by atoms with Gasteiger partial charge in [-0.05, 0) is 25.1 Å². The van der Waals surface area contributed by atoms with E-state index in [1.807, 2.05) is 40.3 Å². The van der Waals surface area contributed by atoms with Gasteiger partial charge in [0, 0.05) is 19.5 Å². The smallest absolute Gasteiger partial charge is 0.242 e. The van der Waals surface area contributed by atoms with Crippen LogP contribution in [-0.2, 0) is 4.79 Å². The van der Waals surface area contributed by atoms with Gasteiger partial charge in [0.05, 0.1) is 5.69 Å². The number of nitrogens with two attached hydrogens (primary N) is 1. The quantitative estimate of drug-likeness (QED) is 0.821. The van der Waals surface area contributed by atoms with Gasteiger partial charge in [0.2, 0.25) is 5.91 Å². The van der Waals surface area contributed by atoms with E-state index in [0.29, 0.717) is 19.5 Å². The third kappa shape index (κ3) is 2.17. The molecule has 1 aliphatic rings. The first-order valence-electron chi connectivity index (χ1n) is 5.66. The van der Waals surface area contributed by atoms with Gasteiger partial charge < -0.3 is 5.73 Å². The van der Waals surface area contributed by atoms with E-state index in [1.165, 1.54) is 0 Å². The van der Waals surface area contributed by atoms with Crippen LogP contribution in [0, 0.1) is 0 Å². The molecule has 1 heterocycles. The van der Waals surface area contributed by atoms with Gasteiger partial charge in [0.25, 0.3) is 0 Å². The maximum Gasteiger partial charge on any atom is 0.242 e. The van der Waals surface area contributed by atoms with E-state index in [4.69, 9.17) is 5.73 Å². The number of nitrogens with zero attached hydrogens (tertiary/aromatic N) is 2. The first-order chi connectivity index (χ1) is 7.83. The van der Waals surface area contributed by atoms with Crippen molar-refractivity contribution in [2.45, 2.75) is 12.8 Å². The molecule has 16 heavy (non-hydrogen) atoms. The second-order valence-electron chi connectivity index (χ2n) is 3.87. The van der Waals surface area contributed by atoms with Crippen molar-refractivity contribution in [3.63, 3.8) is 0 Å². The van der Waals surface area contributed by atoms with Crippen LogP contribution in [0.5, 0.6) is 0 Å². The summed E-state index contributed by atoms with van der Waals surface area (Å²) in [4.78, 5) is 11.7. The Morgan fingerprint density at radius 3 is 2.69 bits per heavy atom. The highest BCUT2D eigenvalue weighted by atomic mass is 16.2. The molecule has 0 saturated carbocycles. The number of amides is 1. The molecule has 1 fully saturated rings. The first-order valence-corrected chi connectivity index (χ1v) is 5.66. The molecule has 0 unspecified atom stereocenters. The molecular formula is C12H17N3O. The number of carbonyl (C=O) groups is 1. The Balaban J connectivity index is 2.11. The highest BCUT2D eigenvalue weighted by Gasteiger charge is 2.28. The summed E-state index contributed by atoms with van der Waals surface area (Å²) < 4.78 is 0. The van der Waals surface area contributed by atoms with E-state index in [-0.39, 0.29) is 5.91 Å². The predicted molar refractivity (Wildman–Crippen MR) is 63.8 cm³/mol. The molecule has 0 radical (unpaired) electrons. The van der Waals surface area contributed by atoms with Crippen LogP contribution >= 0.6 is 0 Å². The van der Waals surface area contributed by atoms with Crippen LogP contribution in [0.3, 0.4) is 0 Å². The van der Waals surface area contributed by atoms with Crippen LogP contribution in [0.1, 0.15) is 12.8 Å². The lowest BCUT2D eigenvalue weighted by molar-refractivity contribution is -0.128. The number of hydrogen-bond donors (Lipinski definition) is 1. The minimum absolute atomic E-state index is 0.192. The summed E-state index contributed by atoms with van der Waals surface area (Å²) in [7, 11) is 0. The van der Waals surface area contributed by atoms with E-state index in [9.17, 15) is 4.79 Å². The van der Waals surface area contributed by atoms with Crippen molar-refractivity contribution < 1.29 is 4.79 Å². The van der Waals surface area contributed by atoms with Crippen molar-refractivity contribution in [1.82, 2.24) is 5.01 Å². The molecule has 1 saturated heterocycles. The normalized spacial score (nSPS) is 15.9. The Labute approximate surface area is 95.6 Å². The van der Waals surface area contributed by atoms with Gasteiger partial charge in [0.15, 0.2) is 0 Å². The third-order valence-corrected chi connectivity index (χ3v) is 2.75. The third-order valence-electron chi connectivity index (χ3n) is 2.75.